The number of nitriles is 1. The summed E-state index contributed by atoms with van der Waals surface area (Å²) in [6.45, 7) is 2.56. The monoisotopic (exact) mass is 283 g/mol. The standard InChI is InChI=1S/C12H13N9/c1-2-21-19-12(18-20-21)8-4-3-5-9(6-8)16-17-10(7-13)11(14)15/h3-6,16H,2H2,1H3,(H3,14,15)/b17-10+. The van der Waals surface area contributed by atoms with Gasteiger partial charge in [-0.1, -0.05) is 12.1 Å². The van der Waals surface area contributed by atoms with E-state index in [1.807, 2.05) is 13.0 Å². The minimum Gasteiger partial charge on any atom is -0.382 e. The van der Waals surface area contributed by atoms with Gasteiger partial charge in [-0.15, -0.1) is 10.2 Å². The predicted molar refractivity (Wildman–Crippen MR) is 77.5 cm³/mol. The molecule has 21 heavy (non-hydrogen) atoms. The van der Waals surface area contributed by atoms with Crippen LogP contribution in [0.3, 0.4) is 0 Å². The molecule has 4 N–H and O–H groups in total. The third-order valence-electron chi connectivity index (χ3n) is 2.51. The Balaban J connectivity index is 2.22. The Kier molecular flexibility index (Phi) is 4.20. The highest BCUT2D eigenvalue weighted by Crippen LogP contribution is 2.18. The van der Waals surface area contributed by atoms with Gasteiger partial charge in [-0.3, -0.25) is 10.8 Å². The molecule has 0 aliphatic carbocycles. The van der Waals surface area contributed by atoms with Crippen molar-refractivity contribution in [2.75, 3.05) is 5.43 Å². The van der Waals surface area contributed by atoms with Gasteiger partial charge in [0, 0.05) is 5.56 Å². The number of anilines is 1. The zero-order valence-electron chi connectivity index (χ0n) is 11.3. The minimum atomic E-state index is -0.395. The first-order valence-electron chi connectivity index (χ1n) is 6.10. The molecule has 1 aromatic carbocycles. The Bertz CT molecular complexity index is 722. The second-order valence-corrected chi connectivity index (χ2v) is 3.98. The van der Waals surface area contributed by atoms with Crippen molar-refractivity contribution in [3.8, 4) is 17.5 Å². The molecule has 9 heteroatoms. The van der Waals surface area contributed by atoms with Gasteiger partial charge in [-0.25, -0.2) is 0 Å². The summed E-state index contributed by atoms with van der Waals surface area (Å²) in [4.78, 5) is 1.48. The van der Waals surface area contributed by atoms with Crippen LogP contribution in [-0.4, -0.2) is 31.8 Å². The van der Waals surface area contributed by atoms with Crippen LogP contribution in [0.2, 0.25) is 0 Å². The number of rotatable bonds is 5. The van der Waals surface area contributed by atoms with Crippen molar-refractivity contribution >= 4 is 17.2 Å². The highest BCUT2D eigenvalue weighted by atomic mass is 15.6. The molecule has 0 aliphatic heterocycles. The summed E-state index contributed by atoms with van der Waals surface area (Å²) in [6, 6.07) is 8.87. The second kappa shape index (κ2) is 6.25. The number of hydrazone groups is 1. The lowest BCUT2D eigenvalue weighted by Crippen LogP contribution is -2.21. The maximum atomic E-state index is 8.76. The van der Waals surface area contributed by atoms with Gasteiger partial charge in [0.25, 0.3) is 0 Å². The smallest absolute Gasteiger partial charge is 0.204 e. The molecule has 0 amide bonds. The van der Waals surface area contributed by atoms with Gasteiger partial charge in [0.05, 0.1) is 12.2 Å². The first kappa shape index (κ1) is 14.1. The molecule has 0 radical (unpaired) electrons. The normalized spacial score (nSPS) is 11.0. The summed E-state index contributed by atoms with van der Waals surface area (Å²) in [5, 5.41) is 31.7. The Labute approximate surface area is 120 Å². The quantitative estimate of drug-likeness (QED) is 0.416. The summed E-state index contributed by atoms with van der Waals surface area (Å²) in [5.41, 5.74) is 9.07. The van der Waals surface area contributed by atoms with Crippen molar-refractivity contribution in [2.45, 2.75) is 13.5 Å². The average Bonchev–Trinajstić information content (AvgIpc) is 2.97. The first-order chi connectivity index (χ1) is 10.1. The highest BCUT2D eigenvalue weighted by Gasteiger charge is 2.06. The molecule has 2 aromatic rings. The topological polar surface area (TPSA) is 142 Å². The van der Waals surface area contributed by atoms with Crippen LogP contribution in [-0.2, 0) is 6.54 Å². The number of tetrazole rings is 1. The van der Waals surface area contributed by atoms with Gasteiger partial charge in [0.1, 0.15) is 6.07 Å². The summed E-state index contributed by atoms with van der Waals surface area (Å²) >= 11 is 0. The zero-order chi connectivity index (χ0) is 15.2. The molecule has 0 bridgehead atoms. The van der Waals surface area contributed by atoms with Crippen molar-refractivity contribution in [2.24, 2.45) is 10.8 Å². The van der Waals surface area contributed by atoms with Crippen LogP contribution in [0.15, 0.2) is 29.4 Å². The van der Waals surface area contributed by atoms with Gasteiger partial charge in [0.2, 0.25) is 11.5 Å². The maximum Gasteiger partial charge on any atom is 0.204 e. The Hall–Kier alpha value is -3.28. The molecule has 9 nitrogen and oxygen atoms in total. The van der Waals surface area contributed by atoms with Gasteiger partial charge in [-0.05, 0) is 24.3 Å². The maximum absolute atomic E-state index is 8.76. The largest absolute Gasteiger partial charge is 0.382 e. The number of hydrogen-bond acceptors (Lipinski definition) is 7. The summed E-state index contributed by atoms with van der Waals surface area (Å²) in [5.74, 6) is 0.102. The van der Waals surface area contributed by atoms with Crippen molar-refractivity contribution in [3.63, 3.8) is 0 Å². The van der Waals surface area contributed by atoms with E-state index in [4.69, 9.17) is 16.4 Å². The lowest BCUT2D eigenvalue weighted by molar-refractivity contribution is 0.553. The molecule has 1 aromatic heterocycles. The third-order valence-corrected chi connectivity index (χ3v) is 2.51. The number of nitrogens with zero attached hydrogens (tertiary/aromatic N) is 6. The summed E-state index contributed by atoms with van der Waals surface area (Å²) in [6.07, 6.45) is 0. The van der Waals surface area contributed by atoms with E-state index in [1.165, 1.54) is 4.80 Å². The molecular formula is C12H13N9. The van der Waals surface area contributed by atoms with Crippen molar-refractivity contribution in [1.82, 2.24) is 20.2 Å². The lowest BCUT2D eigenvalue weighted by atomic mass is 10.2. The fraction of sp³-hybridized carbons (Fsp3) is 0.167. The van der Waals surface area contributed by atoms with E-state index >= 15 is 0 Å². The van der Waals surface area contributed by atoms with Crippen LogP contribution >= 0.6 is 0 Å². The van der Waals surface area contributed by atoms with E-state index < -0.39 is 5.84 Å². The highest BCUT2D eigenvalue weighted by molar-refractivity contribution is 6.45. The van der Waals surface area contributed by atoms with E-state index in [0.29, 0.717) is 18.1 Å². The predicted octanol–water partition coefficient (Wildman–Crippen LogP) is 0.587. The van der Waals surface area contributed by atoms with Gasteiger partial charge >= 0.3 is 0 Å². The van der Waals surface area contributed by atoms with E-state index in [0.717, 1.165) is 5.56 Å². The molecule has 0 unspecified atom stereocenters. The summed E-state index contributed by atoms with van der Waals surface area (Å²) < 4.78 is 0. The Morgan fingerprint density at radius 2 is 2.38 bits per heavy atom. The molecule has 0 fully saturated rings. The van der Waals surface area contributed by atoms with Crippen LogP contribution in [0.1, 0.15) is 6.92 Å². The number of aromatic nitrogens is 4. The Morgan fingerprint density at radius 3 is 3.00 bits per heavy atom. The lowest BCUT2D eigenvalue weighted by Gasteiger charge is -2.02. The molecule has 0 saturated heterocycles. The average molecular weight is 283 g/mol. The van der Waals surface area contributed by atoms with E-state index in [-0.39, 0.29) is 5.71 Å². The van der Waals surface area contributed by atoms with Crippen LogP contribution in [0.4, 0.5) is 5.69 Å². The second-order valence-electron chi connectivity index (χ2n) is 3.98. The van der Waals surface area contributed by atoms with Crippen molar-refractivity contribution in [3.05, 3.63) is 24.3 Å². The fourth-order valence-corrected chi connectivity index (χ4v) is 1.49. The number of aryl methyl sites for hydroxylation is 1. The SMILES string of the molecule is CCn1nnc(-c2cccc(N/N=C(\C#N)C(=N)N)c2)n1. The van der Waals surface area contributed by atoms with Crippen LogP contribution in [0.5, 0.6) is 0 Å². The zero-order valence-corrected chi connectivity index (χ0v) is 11.3. The fourth-order valence-electron chi connectivity index (χ4n) is 1.49. The molecule has 2 rings (SSSR count). The molecule has 0 spiro atoms. The number of amidine groups is 1. The molecule has 1 heterocycles. The van der Waals surface area contributed by atoms with Crippen LogP contribution in [0.25, 0.3) is 11.4 Å². The van der Waals surface area contributed by atoms with Gasteiger partial charge in [0.15, 0.2) is 5.84 Å². The molecule has 0 saturated carbocycles. The van der Waals surface area contributed by atoms with Crippen molar-refractivity contribution in [1.29, 1.82) is 10.7 Å². The summed E-state index contributed by atoms with van der Waals surface area (Å²) in [7, 11) is 0. The molecule has 0 aliphatic rings. The van der Waals surface area contributed by atoms with Crippen LogP contribution < -0.4 is 11.2 Å². The Morgan fingerprint density at radius 1 is 1.57 bits per heavy atom. The number of benzene rings is 1. The van der Waals surface area contributed by atoms with Crippen molar-refractivity contribution < 1.29 is 0 Å². The number of hydrogen-bond donors (Lipinski definition) is 3. The molecule has 106 valence electrons. The first-order valence-corrected chi connectivity index (χ1v) is 6.10. The van der Waals surface area contributed by atoms with E-state index in [9.17, 15) is 0 Å². The van der Waals surface area contributed by atoms with Crippen LogP contribution in [0, 0.1) is 16.7 Å². The number of nitrogens with one attached hydrogen (secondary N) is 2. The van der Waals surface area contributed by atoms with Gasteiger partial charge in [-0.2, -0.15) is 15.2 Å². The molecule has 0 atom stereocenters. The minimum absolute atomic E-state index is 0.185. The third kappa shape index (κ3) is 3.38. The van der Waals surface area contributed by atoms with E-state index in [1.54, 1.807) is 24.3 Å². The molecular weight excluding hydrogens is 270 g/mol. The van der Waals surface area contributed by atoms with E-state index in [2.05, 4.69) is 25.9 Å². The van der Waals surface area contributed by atoms with Gasteiger partial charge < -0.3 is 5.73 Å². The number of nitrogens with two attached hydrogens (primary N) is 1.